The van der Waals surface area contributed by atoms with E-state index in [-0.39, 0.29) is 12.2 Å². The van der Waals surface area contributed by atoms with Crippen molar-refractivity contribution >= 4 is 5.91 Å². The number of carbonyl (C=O) groups excluding carboxylic acids is 1. The molecule has 1 heterocycles. The fraction of sp³-hybridized carbons (Fsp3) is 0.250. The molecule has 0 atom stereocenters. The van der Waals surface area contributed by atoms with Gasteiger partial charge in [-0.05, 0) is 6.08 Å². The molecule has 0 bridgehead atoms. The molecule has 1 amide bonds. The maximum Gasteiger partial charge on any atom is 0.451 e. The Morgan fingerprint density at radius 3 is 2.87 bits per heavy atom. The van der Waals surface area contributed by atoms with Crippen molar-refractivity contribution in [3.8, 4) is 0 Å². The van der Waals surface area contributed by atoms with Crippen LogP contribution < -0.4 is 5.32 Å². The van der Waals surface area contributed by atoms with E-state index in [9.17, 15) is 18.0 Å². The van der Waals surface area contributed by atoms with Crippen LogP contribution in [0.4, 0.5) is 13.2 Å². The molecule has 1 rings (SSSR count). The molecule has 0 aliphatic rings. The van der Waals surface area contributed by atoms with Gasteiger partial charge < -0.3 is 9.73 Å². The molecule has 0 fully saturated rings. The topological polar surface area (TPSA) is 55.1 Å². The van der Waals surface area contributed by atoms with Crippen molar-refractivity contribution in [3.63, 3.8) is 0 Å². The first-order valence-electron chi connectivity index (χ1n) is 3.85. The fourth-order valence-electron chi connectivity index (χ4n) is 0.869. The van der Waals surface area contributed by atoms with Gasteiger partial charge in [-0.1, -0.05) is 6.58 Å². The average molecular weight is 220 g/mol. The SMILES string of the molecule is C=CC(=O)NCc1ncoc1C(F)(F)F. The third-order valence-corrected chi connectivity index (χ3v) is 1.51. The molecule has 4 nitrogen and oxygen atoms in total. The summed E-state index contributed by atoms with van der Waals surface area (Å²) in [7, 11) is 0. The van der Waals surface area contributed by atoms with Gasteiger partial charge >= 0.3 is 6.18 Å². The number of rotatable bonds is 3. The van der Waals surface area contributed by atoms with E-state index in [0.29, 0.717) is 6.39 Å². The zero-order chi connectivity index (χ0) is 11.5. The minimum atomic E-state index is -4.61. The van der Waals surface area contributed by atoms with Crippen molar-refractivity contribution in [3.05, 3.63) is 30.5 Å². The first-order valence-corrected chi connectivity index (χ1v) is 3.85. The van der Waals surface area contributed by atoms with E-state index in [2.05, 4.69) is 21.3 Å². The van der Waals surface area contributed by atoms with Gasteiger partial charge in [-0.2, -0.15) is 13.2 Å². The summed E-state index contributed by atoms with van der Waals surface area (Å²) in [6, 6.07) is 0. The monoisotopic (exact) mass is 220 g/mol. The zero-order valence-electron chi connectivity index (χ0n) is 7.47. The fourth-order valence-corrected chi connectivity index (χ4v) is 0.869. The number of aromatic nitrogens is 1. The van der Waals surface area contributed by atoms with Gasteiger partial charge in [-0.25, -0.2) is 4.98 Å². The van der Waals surface area contributed by atoms with E-state index >= 15 is 0 Å². The van der Waals surface area contributed by atoms with E-state index in [1.54, 1.807) is 0 Å². The van der Waals surface area contributed by atoms with E-state index in [1.807, 2.05) is 0 Å². The standard InChI is InChI=1S/C8H7F3N2O2/c1-2-6(14)12-3-5-7(8(9,10)11)15-4-13-5/h2,4H,1,3H2,(H,12,14). The Bertz CT molecular complexity index is 370. The molecule has 0 spiro atoms. The highest BCUT2D eigenvalue weighted by atomic mass is 19.4. The maximum atomic E-state index is 12.2. The lowest BCUT2D eigenvalue weighted by atomic mass is 10.3. The van der Waals surface area contributed by atoms with Gasteiger partial charge in [0.1, 0.15) is 5.69 Å². The normalized spacial score (nSPS) is 11.1. The highest BCUT2D eigenvalue weighted by molar-refractivity contribution is 5.86. The summed E-state index contributed by atoms with van der Waals surface area (Å²) in [5, 5.41) is 2.17. The molecule has 1 N–H and O–H groups in total. The number of amides is 1. The smallest absolute Gasteiger partial charge is 0.439 e. The van der Waals surface area contributed by atoms with E-state index in [0.717, 1.165) is 6.08 Å². The molecule has 1 aromatic heterocycles. The second-order valence-corrected chi connectivity index (χ2v) is 2.55. The minimum absolute atomic E-state index is 0.351. The second-order valence-electron chi connectivity index (χ2n) is 2.55. The Morgan fingerprint density at radius 1 is 1.67 bits per heavy atom. The van der Waals surface area contributed by atoms with Crippen molar-refractivity contribution in [2.24, 2.45) is 0 Å². The largest absolute Gasteiger partial charge is 0.451 e. The van der Waals surface area contributed by atoms with Crippen LogP contribution in [0.5, 0.6) is 0 Å². The van der Waals surface area contributed by atoms with Crippen molar-refractivity contribution < 1.29 is 22.4 Å². The van der Waals surface area contributed by atoms with Gasteiger partial charge in [0.2, 0.25) is 11.7 Å². The van der Waals surface area contributed by atoms with Gasteiger partial charge in [-0.15, -0.1) is 0 Å². The molecule has 82 valence electrons. The molecule has 0 aliphatic heterocycles. The molecule has 0 saturated carbocycles. The van der Waals surface area contributed by atoms with Crippen molar-refractivity contribution in [1.82, 2.24) is 10.3 Å². The van der Waals surface area contributed by atoms with Gasteiger partial charge in [-0.3, -0.25) is 4.79 Å². The lowest BCUT2D eigenvalue weighted by molar-refractivity contribution is -0.153. The Balaban J connectivity index is 2.74. The first kappa shape index (κ1) is 11.3. The summed E-state index contributed by atoms with van der Waals surface area (Å²) < 4.78 is 40.8. The summed E-state index contributed by atoms with van der Waals surface area (Å²) in [5.74, 6) is -1.78. The van der Waals surface area contributed by atoms with Crippen molar-refractivity contribution in [2.75, 3.05) is 0 Å². The van der Waals surface area contributed by atoms with Gasteiger partial charge in [0.15, 0.2) is 6.39 Å². The summed E-state index contributed by atoms with van der Waals surface area (Å²) in [6.07, 6.45) is -2.98. The van der Waals surface area contributed by atoms with E-state index in [4.69, 9.17) is 0 Å². The molecular formula is C8H7F3N2O2. The summed E-state index contributed by atoms with van der Waals surface area (Å²) in [4.78, 5) is 14.1. The van der Waals surface area contributed by atoms with Crippen LogP contribution in [0.2, 0.25) is 0 Å². The number of hydrogen-bond donors (Lipinski definition) is 1. The first-order chi connectivity index (χ1) is 6.95. The summed E-state index contributed by atoms with van der Waals surface area (Å²) in [6.45, 7) is 2.80. The number of hydrogen-bond acceptors (Lipinski definition) is 3. The predicted octanol–water partition coefficient (Wildman–Crippen LogP) is 1.50. The highest BCUT2D eigenvalue weighted by Gasteiger charge is 2.38. The molecule has 1 aromatic rings. The van der Waals surface area contributed by atoms with Crippen LogP contribution >= 0.6 is 0 Å². The Labute approximate surface area is 82.8 Å². The van der Waals surface area contributed by atoms with Crippen LogP contribution in [0.3, 0.4) is 0 Å². The Morgan fingerprint density at radius 2 is 2.33 bits per heavy atom. The third-order valence-electron chi connectivity index (χ3n) is 1.51. The maximum absolute atomic E-state index is 12.2. The average Bonchev–Trinajstić information content (AvgIpc) is 2.61. The molecular weight excluding hydrogens is 213 g/mol. The number of nitrogens with one attached hydrogen (secondary N) is 1. The predicted molar refractivity (Wildman–Crippen MR) is 43.5 cm³/mol. The lowest BCUT2D eigenvalue weighted by Gasteiger charge is -2.04. The van der Waals surface area contributed by atoms with Crippen molar-refractivity contribution in [2.45, 2.75) is 12.7 Å². The Hall–Kier alpha value is -1.79. The van der Waals surface area contributed by atoms with Crippen LogP contribution in [-0.2, 0) is 17.5 Å². The van der Waals surface area contributed by atoms with Gasteiger partial charge in [0, 0.05) is 0 Å². The molecule has 15 heavy (non-hydrogen) atoms. The van der Waals surface area contributed by atoms with E-state index in [1.165, 1.54) is 0 Å². The minimum Gasteiger partial charge on any atom is -0.439 e. The zero-order valence-corrected chi connectivity index (χ0v) is 7.47. The van der Waals surface area contributed by atoms with Gasteiger partial charge in [0.25, 0.3) is 0 Å². The molecule has 0 saturated heterocycles. The van der Waals surface area contributed by atoms with Crippen LogP contribution in [0, 0.1) is 0 Å². The molecule has 0 unspecified atom stereocenters. The Kier molecular flexibility index (Phi) is 3.13. The lowest BCUT2D eigenvalue weighted by Crippen LogP contribution is -2.22. The molecule has 0 aliphatic carbocycles. The van der Waals surface area contributed by atoms with Crippen LogP contribution in [0.1, 0.15) is 11.5 Å². The van der Waals surface area contributed by atoms with Crippen molar-refractivity contribution in [1.29, 1.82) is 0 Å². The summed E-state index contributed by atoms with van der Waals surface area (Å²) in [5.41, 5.74) is -0.363. The van der Waals surface area contributed by atoms with Crippen LogP contribution in [0.15, 0.2) is 23.5 Å². The quantitative estimate of drug-likeness (QED) is 0.785. The highest BCUT2D eigenvalue weighted by Crippen LogP contribution is 2.31. The summed E-state index contributed by atoms with van der Waals surface area (Å²) >= 11 is 0. The van der Waals surface area contributed by atoms with Crippen LogP contribution in [-0.4, -0.2) is 10.9 Å². The number of alkyl halides is 3. The second kappa shape index (κ2) is 4.16. The molecule has 0 radical (unpaired) electrons. The van der Waals surface area contributed by atoms with Gasteiger partial charge in [0.05, 0.1) is 6.54 Å². The molecule has 0 aromatic carbocycles. The molecule has 7 heteroatoms. The number of nitrogens with zero attached hydrogens (tertiary/aromatic N) is 1. The number of halogens is 3. The third kappa shape index (κ3) is 2.83. The van der Waals surface area contributed by atoms with E-state index < -0.39 is 17.8 Å². The number of oxazole rings is 1. The van der Waals surface area contributed by atoms with Crippen LogP contribution in [0.25, 0.3) is 0 Å². The number of carbonyl (C=O) groups is 1.